The van der Waals surface area contributed by atoms with Crippen LogP contribution >= 0.6 is 23.2 Å². The van der Waals surface area contributed by atoms with Gasteiger partial charge in [0, 0.05) is 47.6 Å². The van der Waals surface area contributed by atoms with E-state index in [1.165, 1.54) is 0 Å². The zero-order valence-electron chi connectivity index (χ0n) is 18.4. The molecule has 1 aromatic carbocycles. The van der Waals surface area contributed by atoms with E-state index in [-0.39, 0.29) is 24.3 Å². The first-order valence-corrected chi connectivity index (χ1v) is 11.0. The lowest BCUT2D eigenvalue weighted by atomic mass is 10.1. The zero-order valence-corrected chi connectivity index (χ0v) is 19.9. The van der Waals surface area contributed by atoms with Gasteiger partial charge in [-0.25, -0.2) is 0 Å². The minimum Gasteiger partial charge on any atom is -0.353 e. The molecular weight excluding hydrogens is 421 g/mol. The third-order valence-electron chi connectivity index (χ3n) is 4.65. The summed E-state index contributed by atoms with van der Waals surface area (Å²) in [7, 11) is 1.96. The van der Waals surface area contributed by atoms with E-state index in [1.807, 2.05) is 48.7 Å². The summed E-state index contributed by atoms with van der Waals surface area (Å²) in [6.07, 6.45) is 1.96. The number of aromatic nitrogens is 1. The Morgan fingerprint density at radius 3 is 2.03 bits per heavy atom. The first-order valence-electron chi connectivity index (χ1n) is 10.2. The predicted molar refractivity (Wildman–Crippen MR) is 123 cm³/mol. The van der Waals surface area contributed by atoms with Crippen LogP contribution < -0.4 is 0 Å². The zero-order chi connectivity index (χ0) is 22.4. The van der Waals surface area contributed by atoms with E-state index in [0.717, 1.165) is 5.69 Å². The van der Waals surface area contributed by atoms with Crippen molar-refractivity contribution in [3.8, 4) is 0 Å². The lowest BCUT2D eigenvalue weighted by Gasteiger charge is -2.30. The summed E-state index contributed by atoms with van der Waals surface area (Å²) < 4.78 is 2.01. The fourth-order valence-corrected chi connectivity index (χ4v) is 3.86. The number of halogens is 2. The Kier molecular flexibility index (Phi) is 8.80. The van der Waals surface area contributed by atoms with E-state index in [4.69, 9.17) is 23.2 Å². The summed E-state index contributed by atoms with van der Waals surface area (Å²) in [5, 5.41) is 0.790. The molecule has 0 radical (unpaired) electrons. The third-order valence-corrected chi connectivity index (χ3v) is 5.09. The molecule has 2 rings (SSSR count). The van der Waals surface area contributed by atoms with Crippen LogP contribution in [0.2, 0.25) is 10.0 Å². The second-order valence-corrected chi connectivity index (χ2v) is 9.39. The Labute approximate surface area is 189 Å². The highest BCUT2D eigenvalue weighted by Gasteiger charge is 2.24. The lowest BCUT2D eigenvalue weighted by Crippen LogP contribution is -2.45. The lowest BCUT2D eigenvalue weighted by molar-refractivity contribution is -0.133. The fraction of sp³-hybridized carbons (Fsp3) is 0.478. The molecule has 0 atom stereocenters. The molecule has 1 aromatic heterocycles. The summed E-state index contributed by atoms with van der Waals surface area (Å²) in [6.45, 7) is 9.81. The van der Waals surface area contributed by atoms with Crippen molar-refractivity contribution in [1.82, 2.24) is 14.4 Å². The number of rotatable bonds is 9. The number of benzene rings is 1. The molecule has 7 heteroatoms. The van der Waals surface area contributed by atoms with Crippen LogP contribution in [0.5, 0.6) is 0 Å². The van der Waals surface area contributed by atoms with E-state index in [1.54, 1.807) is 23.1 Å². The molecule has 0 bridgehead atoms. The van der Waals surface area contributed by atoms with Crippen molar-refractivity contribution in [2.24, 2.45) is 18.9 Å². The van der Waals surface area contributed by atoms with Gasteiger partial charge in [0.25, 0.3) is 5.91 Å². The van der Waals surface area contributed by atoms with E-state index < -0.39 is 0 Å². The molecule has 0 fully saturated rings. The number of nitrogens with zero attached hydrogens (tertiary/aromatic N) is 3. The Balaban J connectivity index is 2.24. The van der Waals surface area contributed by atoms with Crippen LogP contribution in [-0.2, 0) is 18.4 Å². The van der Waals surface area contributed by atoms with Gasteiger partial charge in [-0.3, -0.25) is 9.59 Å². The van der Waals surface area contributed by atoms with E-state index in [9.17, 15) is 9.59 Å². The summed E-state index contributed by atoms with van der Waals surface area (Å²) in [4.78, 5) is 29.8. The monoisotopic (exact) mass is 451 g/mol. The van der Waals surface area contributed by atoms with Crippen molar-refractivity contribution in [1.29, 1.82) is 0 Å². The van der Waals surface area contributed by atoms with Gasteiger partial charge in [-0.05, 0) is 42.2 Å². The normalized spacial score (nSPS) is 11.2. The molecule has 0 aliphatic heterocycles. The standard InChI is InChI=1S/C23H31Cl2N3O2/c1-16(2)12-27(14-21-7-6-8-26(21)5)22(29)15-28(13-17(3)4)23(30)18-9-19(24)11-20(25)10-18/h6-11,16-17H,12-15H2,1-5H3. The molecule has 5 nitrogen and oxygen atoms in total. The Bertz CT molecular complexity index is 857. The maximum absolute atomic E-state index is 13.2. The van der Waals surface area contributed by atoms with Gasteiger partial charge in [0.15, 0.2) is 0 Å². The molecule has 0 unspecified atom stereocenters. The second kappa shape index (κ2) is 10.9. The first kappa shape index (κ1) is 24.3. The molecule has 0 saturated carbocycles. The van der Waals surface area contributed by atoms with Gasteiger partial charge in [0.1, 0.15) is 6.54 Å². The number of carbonyl (C=O) groups is 2. The van der Waals surface area contributed by atoms with Gasteiger partial charge in [-0.15, -0.1) is 0 Å². The number of aryl methyl sites for hydroxylation is 1. The molecule has 30 heavy (non-hydrogen) atoms. The molecular formula is C23H31Cl2N3O2. The Morgan fingerprint density at radius 2 is 1.53 bits per heavy atom. The molecule has 2 aromatic rings. The van der Waals surface area contributed by atoms with Gasteiger partial charge in [-0.1, -0.05) is 50.9 Å². The topological polar surface area (TPSA) is 45.6 Å². The minimum atomic E-state index is -0.246. The quantitative estimate of drug-likeness (QED) is 0.531. The van der Waals surface area contributed by atoms with Crippen molar-refractivity contribution in [3.05, 3.63) is 57.8 Å². The average molecular weight is 452 g/mol. The average Bonchev–Trinajstić information content (AvgIpc) is 3.03. The van der Waals surface area contributed by atoms with E-state index in [2.05, 4.69) is 13.8 Å². The summed E-state index contributed by atoms with van der Waals surface area (Å²) in [6, 6.07) is 8.73. The van der Waals surface area contributed by atoms with Crippen molar-refractivity contribution in [2.75, 3.05) is 19.6 Å². The van der Waals surface area contributed by atoms with Gasteiger partial charge in [0.2, 0.25) is 5.91 Å². The van der Waals surface area contributed by atoms with Crippen LogP contribution in [0.3, 0.4) is 0 Å². The number of carbonyl (C=O) groups excluding carboxylic acids is 2. The molecule has 0 N–H and O–H groups in total. The van der Waals surface area contributed by atoms with Gasteiger partial charge in [0.05, 0.1) is 6.54 Å². The predicted octanol–water partition coefficient (Wildman–Crippen LogP) is 5.11. The highest BCUT2D eigenvalue weighted by atomic mass is 35.5. The fourth-order valence-electron chi connectivity index (χ4n) is 3.33. The number of amides is 2. The molecule has 0 aliphatic carbocycles. The summed E-state index contributed by atoms with van der Waals surface area (Å²) in [5.41, 5.74) is 1.44. The van der Waals surface area contributed by atoms with Crippen molar-refractivity contribution in [3.63, 3.8) is 0 Å². The molecule has 0 spiro atoms. The Hall–Kier alpha value is -1.98. The molecule has 2 amide bonds. The van der Waals surface area contributed by atoms with Crippen LogP contribution in [0, 0.1) is 11.8 Å². The highest BCUT2D eigenvalue weighted by Crippen LogP contribution is 2.21. The van der Waals surface area contributed by atoms with Crippen molar-refractivity contribution >= 4 is 35.0 Å². The van der Waals surface area contributed by atoms with Crippen LogP contribution in [0.1, 0.15) is 43.7 Å². The van der Waals surface area contributed by atoms with Gasteiger partial charge >= 0.3 is 0 Å². The second-order valence-electron chi connectivity index (χ2n) is 8.52. The molecule has 164 valence electrons. The summed E-state index contributed by atoms with van der Waals surface area (Å²) >= 11 is 12.2. The van der Waals surface area contributed by atoms with Crippen LogP contribution in [-0.4, -0.2) is 45.8 Å². The van der Waals surface area contributed by atoms with Crippen LogP contribution in [0.25, 0.3) is 0 Å². The summed E-state index contributed by atoms with van der Waals surface area (Å²) in [5.74, 6) is 0.204. The molecule has 0 aliphatic rings. The van der Waals surface area contributed by atoms with Gasteiger partial charge in [-0.2, -0.15) is 0 Å². The van der Waals surface area contributed by atoms with Crippen LogP contribution in [0.4, 0.5) is 0 Å². The van der Waals surface area contributed by atoms with Crippen LogP contribution in [0.15, 0.2) is 36.5 Å². The molecule has 0 saturated heterocycles. The van der Waals surface area contributed by atoms with Crippen molar-refractivity contribution in [2.45, 2.75) is 34.2 Å². The smallest absolute Gasteiger partial charge is 0.254 e. The highest BCUT2D eigenvalue weighted by molar-refractivity contribution is 6.35. The maximum Gasteiger partial charge on any atom is 0.254 e. The third kappa shape index (κ3) is 7.06. The SMILES string of the molecule is CC(C)CN(Cc1cccn1C)C(=O)CN(CC(C)C)C(=O)c1cc(Cl)cc(Cl)c1. The largest absolute Gasteiger partial charge is 0.353 e. The number of hydrogen-bond acceptors (Lipinski definition) is 2. The molecule has 1 heterocycles. The maximum atomic E-state index is 13.2. The Morgan fingerprint density at radius 1 is 0.967 bits per heavy atom. The van der Waals surface area contributed by atoms with Gasteiger partial charge < -0.3 is 14.4 Å². The van der Waals surface area contributed by atoms with Crippen molar-refractivity contribution < 1.29 is 9.59 Å². The van der Waals surface area contributed by atoms with E-state index >= 15 is 0 Å². The number of hydrogen-bond donors (Lipinski definition) is 0. The minimum absolute atomic E-state index is 0.0122. The first-order chi connectivity index (χ1) is 14.1. The van der Waals surface area contributed by atoms with E-state index in [0.29, 0.717) is 41.2 Å².